The molecule has 0 saturated heterocycles. The van der Waals surface area contributed by atoms with Gasteiger partial charge in [-0.1, -0.05) is 64.1 Å². The van der Waals surface area contributed by atoms with Crippen LogP contribution in [0.15, 0.2) is 29.3 Å². The second-order valence-corrected chi connectivity index (χ2v) is 7.97. The number of amidine groups is 1. The highest BCUT2D eigenvalue weighted by Gasteiger charge is 2.25. The highest BCUT2D eigenvalue weighted by atomic mass is 32.2. The summed E-state index contributed by atoms with van der Waals surface area (Å²) in [6.45, 7) is 10.1. The van der Waals surface area contributed by atoms with Crippen LogP contribution in [0.4, 0.5) is 5.69 Å². The highest BCUT2D eigenvalue weighted by Crippen LogP contribution is 2.32. The Bertz CT molecular complexity index is 474. The van der Waals surface area contributed by atoms with Crippen molar-refractivity contribution in [3.63, 3.8) is 0 Å². The van der Waals surface area contributed by atoms with Gasteiger partial charge in [-0.2, -0.15) is 0 Å². The van der Waals surface area contributed by atoms with E-state index < -0.39 is 0 Å². The number of rotatable bonds is 4. The third-order valence-electron chi connectivity index (χ3n) is 3.34. The standard InChI is InChI=1S/C17H26N2S/c1-5-8-13-9-6-7-10-15(13)19-16-18-12-14(20-16)11-17(2,3)4/h6-7,9-10,14H,5,8,11-12H2,1-4H3,(H,18,19). The van der Waals surface area contributed by atoms with Gasteiger partial charge in [-0.15, -0.1) is 0 Å². The number of nitrogens with one attached hydrogen (secondary N) is 1. The monoisotopic (exact) mass is 290 g/mol. The second kappa shape index (κ2) is 6.66. The van der Waals surface area contributed by atoms with Gasteiger partial charge in [0.15, 0.2) is 5.17 Å². The van der Waals surface area contributed by atoms with Crippen LogP contribution in [-0.4, -0.2) is 17.0 Å². The fraction of sp³-hybridized carbons (Fsp3) is 0.588. The molecular formula is C17H26N2S. The molecule has 0 fully saturated rings. The van der Waals surface area contributed by atoms with Gasteiger partial charge < -0.3 is 5.32 Å². The molecule has 1 heterocycles. The van der Waals surface area contributed by atoms with Crippen LogP contribution in [0, 0.1) is 5.41 Å². The van der Waals surface area contributed by atoms with E-state index in [1.54, 1.807) is 0 Å². The largest absolute Gasteiger partial charge is 0.335 e. The minimum Gasteiger partial charge on any atom is -0.335 e. The van der Waals surface area contributed by atoms with Crippen LogP contribution in [0.25, 0.3) is 0 Å². The van der Waals surface area contributed by atoms with Gasteiger partial charge in [0.1, 0.15) is 0 Å². The van der Waals surface area contributed by atoms with Crippen molar-refractivity contribution >= 4 is 22.6 Å². The Morgan fingerprint density at radius 1 is 1.30 bits per heavy atom. The Labute approximate surface area is 127 Å². The van der Waals surface area contributed by atoms with E-state index in [9.17, 15) is 0 Å². The molecular weight excluding hydrogens is 264 g/mol. The molecule has 3 heteroatoms. The first kappa shape index (κ1) is 15.4. The summed E-state index contributed by atoms with van der Waals surface area (Å²) in [6.07, 6.45) is 3.50. The van der Waals surface area contributed by atoms with Gasteiger partial charge in [-0.05, 0) is 29.9 Å². The van der Waals surface area contributed by atoms with E-state index >= 15 is 0 Å². The molecule has 1 unspecified atom stereocenters. The van der Waals surface area contributed by atoms with Crippen LogP contribution in [0.5, 0.6) is 0 Å². The molecule has 1 aliphatic heterocycles. The van der Waals surface area contributed by atoms with Gasteiger partial charge in [0.25, 0.3) is 0 Å². The zero-order chi connectivity index (χ0) is 14.6. The van der Waals surface area contributed by atoms with Crippen molar-refractivity contribution in [2.45, 2.75) is 52.2 Å². The molecule has 0 radical (unpaired) electrons. The molecule has 2 rings (SSSR count). The lowest BCUT2D eigenvalue weighted by Crippen LogP contribution is -2.16. The average Bonchev–Trinajstić information content (AvgIpc) is 2.77. The third kappa shape index (κ3) is 4.55. The van der Waals surface area contributed by atoms with E-state index in [0.717, 1.165) is 18.1 Å². The number of anilines is 1. The van der Waals surface area contributed by atoms with Gasteiger partial charge >= 0.3 is 0 Å². The van der Waals surface area contributed by atoms with Crippen LogP contribution in [-0.2, 0) is 6.42 Å². The van der Waals surface area contributed by atoms with Crippen molar-refractivity contribution in [3.8, 4) is 0 Å². The number of aliphatic imine (C=N–C) groups is 1. The Morgan fingerprint density at radius 2 is 2.05 bits per heavy atom. The first-order chi connectivity index (χ1) is 9.48. The highest BCUT2D eigenvalue weighted by molar-refractivity contribution is 8.15. The second-order valence-electron chi connectivity index (χ2n) is 6.68. The summed E-state index contributed by atoms with van der Waals surface area (Å²) in [4.78, 5) is 4.67. The van der Waals surface area contributed by atoms with Crippen LogP contribution < -0.4 is 5.32 Å². The summed E-state index contributed by atoms with van der Waals surface area (Å²) in [6, 6.07) is 8.57. The fourth-order valence-electron chi connectivity index (χ4n) is 2.52. The predicted octanol–water partition coefficient (Wildman–Crippen LogP) is 4.96. The summed E-state index contributed by atoms with van der Waals surface area (Å²) in [5, 5.41) is 5.23. The summed E-state index contributed by atoms with van der Waals surface area (Å²) < 4.78 is 0. The van der Waals surface area contributed by atoms with Gasteiger partial charge in [-0.25, -0.2) is 0 Å². The lowest BCUT2D eigenvalue weighted by molar-refractivity contribution is 0.375. The first-order valence-electron chi connectivity index (χ1n) is 7.54. The van der Waals surface area contributed by atoms with Gasteiger partial charge in [-0.3, -0.25) is 4.99 Å². The summed E-state index contributed by atoms with van der Waals surface area (Å²) in [5.74, 6) is 0. The average molecular weight is 290 g/mol. The number of aryl methyl sites for hydroxylation is 1. The molecule has 0 bridgehead atoms. The minimum atomic E-state index is 0.378. The molecule has 0 spiro atoms. The molecule has 1 atom stereocenters. The topological polar surface area (TPSA) is 24.4 Å². The Morgan fingerprint density at radius 3 is 2.75 bits per heavy atom. The maximum Gasteiger partial charge on any atom is 0.161 e. The molecule has 110 valence electrons. The lowest BCUT2D eigenvalue weighted by Gasteiger charge is -2.21. The predicted molar refractivity (Wildman–Crippen MR) is 91.8 cm³/mol. The molecule has 1 aliphatic rings. The van der Waals surface area contributed by atoms with E-state index in [1.165, 1.54) is 24.1 Å². The van der Waals surface area contributed by atoms with E-state index in [4.69, 9.17) is 0 Å². The molecule has 0 aromatic heterocycles. The van der Waals surface area contributed by atoms with E-state index in [1.807, 2.05) is 11.8 Å². The number of nitrogens with zero attached hydrogens (tertiary/aromatic N) is 1. The number of hydrogen-bond acceptors (Lipinski definition) is 3. The van der Waals surface area contributed by atoms with Crippen molar-refractivity contribution in [2.24, 2.45) is 10.4 Å². The van der Waals surface area contributed by atoms with Crippen molar-refractivity contribution in [1.29, 1.82) is 0 Å². The molecule has 0 aliphatic carbocycles. The molecule has 1 aromatic carbocycles. The zero-order valence-electron chi connectivity index (χ0n) is 13.1. The lowest BCUT2D eigenvalue weighted by atomic mass is 9.90. The molecule has 2 nitrogen and oxygen atoms in total. The fourth-order valence-corrected chi connectivity index (χ4v) is 3.89. The number of thioether (sulfide) groups is 1. The van der Waals surface area contributed by atoms with Gasteiger partial charge in [0.05, 0.1) is 6.54 Å². The summed E-state index contributed by atoms with van der Waals surface area (Å²) in [5.41, 5.74) is 2.98. The van der Waals surface area contributed by atoms with Crippen molar-refractivity contribution in [1.82, 2.24) is 0 Å². The molecule has 20 heavy (non-hydrogen) atoms. The Hall–Kier alpha value is -0.960. The van der Waals surface area contributed by atoms with Gasteiger partial charge in [0, 0.05) is 10.9 Å². The molecule has 0 saturated carbocycles. The molecule has 1 N–H and O–H groups in total. The maximum absolute atomic E-state index is 4.67. The first-order valence-corrected chi connectivity index (χ1v) is 8.42. The van der Waals surface area contributed by atoms with E-state index in [-0.39, 0.29) is 0 Å². The third-order valence-corrected chi connectivity index (χ3v) is 4.44. The van der Waals surface area contributed by atoms with Crippen LogP contribution in [0.2, 0.25) is 0 Å². The van der Waals surface area contributed by atoms with E-state index in [2.05, 4.69) is 62.3 Å². The SMILES string of the molecule is CCCc1ccccc1NC1=NCC(CC(C)(C)C)S1. The van der Waals surface area contributed by atoms with Gasteiger partial charge in [0.2, 0.25) is 0 Å². The van der Waals surface area contributed by atoms with Crippen molar-refractivity contribution in [3.05, 3.63) is 29.8 Å². The normalized spacial score (nSPS) is 19.0. The minimum absolute atomic E-state index is 0.378. The zero-order valence-corrected chi connectivity index (χ0v) is 13.9. The molecule has 1 aromatic rings. The van der Waals surface area contributed by atoms with Crippen LogP contribution in [0.3, 0.4) is 0 Å². The van der Waals surface area contributed by atoms with E-state index in [0.29, 0.717) is 10.7 Å². The van der Waals surface area contributed by atoms with Crippen molar-refractivity contribution < 1.29 is 0 Å². The smallest absolute Gasteiger partial charge is 0.161 e. The molecule has 0 amide bonds. The van der Waals surface area contributed by atoms with Crippen LogP contribution >= 0.6 is 11.8 Å². The summed E-state index contributed by atoms with van der Waals surface area (Å²) >= 11 is 1.90. The number of benzene rings is 1. The van der Waals surface area contributed by atoms with Crippen LogP contribution in [0.1, 0.15) is 46.1 Å². The summed E-state index contributed by atoms with van der Waals surface area (Å²) in [7, 11) is 0. The number of para-hydroxylation sites is 1. The Balaban J connectivity index is 1.95. The van der Waals surface area contributed by atoms with Crippen molar-refractivity contribution in [2.75, 3.05) is 11.9 Å². The Kier molecular flexibility index (Phi) is 5.14. The number of hydrogen-bond donors (Lipinski definition) is 1. The maximum atomic E-state index is 4.67. The quantitative estimate of drug-likeness (QED) is 0.847.